The van der Waals surface area contributed by atoms with Crippen LogP contribution in [0.25, 0.3) is 0 Å². The molecule has 3 aliphatic rings. The molecule has 4 rings (SSSR count). The third kappa shape index (κ3) is 3.98. The molecule has 122 valence electrons. The van der Waals surface area contributed by atoms with Gasteiger partial charge in [-0.1, -0.05) is 12.0 Å². The first-order valence-electron chi connectivity index (χ1n) is 8.87. The second-order valence-electron chi connectivity index (χ2n) is 6.83. The van der Waals surface area contributed by atoms with Crippen LogP contribution in [0, 0.1) is 18.3 Å². The van der Waals surface area contributed by atoms with Gasteiger partial charge in [0.1, 0.15) is 5.75 Å². The number of hydrogen-bond donors (Lipinski definition) is 0. The monoisotopic (exact) mass is 309 g/mol. The number of fused-ring (bicyclic) bond motifs is 3. The zero-order valence-electron chi connectivity index (χ0n) is 14.0. The SMILES string of the molecule is C#Cc1ccc(OCCCN2CC3CCC2CC3)c(CC=C)c1. The second kappa shape index (κ2) is 7.70. The molecule has 2 bridgehead atoms. The van der Waals surface area contributed by atoms with E-state index in [0.717, 1.165) is 48.3 Å². The lowest BCUT2D eigenvalue weighted by Crippen LogP contribution is -2.48. The van der Waals surface area contributed by atoms with Crippen molar-refractivity contribution in [3.8, 4) is 18.1 Å². The molecule has 1 aromatic rings. The van der Waals surface area contributed by atoms with Crippen molar-refractivity contribution < 1.29 is 4.74 Å². The zero-order chi connectivity index (χ0) is 16.1. The number of nitrogens with zero attached hydrogens (tertiary/aromatic N) is 1. The van der Waals surface area contributed by atoms with Gasteiger partial charge in [0, 0.05) is 24.7 Å². The van der Waals surface area contributed by atoms with E-state index in [2.05, 4.69) is 17.4 Å². The Morgan fingerprint density at radius 2 is 2.13 bits per heavy atom. The van der Waals surface area contributed by atoms with E-state index in [0.29, 0.717) is 0 Å². The molecule has 2 saturated heterocycles. The van der Waals surface area contributed by atoms with Gasteiger partial charge in [-0.3, -0.25) is 4.90 Å². The van der Waals surface area contributed by atoms with Crippen molar-refractivity contribution in [2.24, 2.45) is 5.92 Å². The van der Waals surface area contributed by atoms with Crippen LogP contribution in [0.4, 0.5) is 0 Å². The molecule has 0 amide bonds. The molecule has 0 spiro atoms. The quantitative estimate of drug-likeness (QED) is 0.428. The van der Waals surface area contributed by atoms with E-state index < -0.39 is 0 Å². The lowest BCUT2D eigenvalue weighted by atomic mass is 9.80. The van der Waals surface area contributed by atoms with Gasteiger partial charge < -0.3 is 4.74 Å². The summed E-state index contributed by atoms with van der Waals surface area (Å²) in [4.78, 5) is 2.69. The maximum Gasteiger partial charge on any atom is 0.122 e. The molecular formula is C21H27NO. The summed E-state index contributed by atoms with van der Waals surface area (Å²) < 4.78 is 6.02. The Labute approximate surface area is 140 Å². The van der Waals surface area contributed by atoms with Crippen LogP contribution < -0.4 is 4.74 Å². The molecule has 1 aliphatic carbocycles. The van der Waals surface area contributed by atoms with Crippen LogP contribution in [-0.2, 0) is 6.42 Å². The predicted molar refractivity (Wildman–Crippen MR) is 95.7 cm³/mol. The van der Waals surface area contributed by atoms with E-state index in [4.69, 9.17) is 11.2 Å². The summed E-state index contributed by atoms with van der Waals surface area (Å²) >= 11 is 0. The topological polar surface area (TPSA) is 12.5 Å². The number of hydrogen-bond acceptors (Lipinski definition) is 2. The number of benzene rings is 1. The second-order valence-corrected chi connectivity index (χ2v) is 6.83. The summed E-state index contributed by atoms with van der Waals surface area (Å²) in [5, 5.41) is 0. The molecule has 0 atom stereocenters. The van der Waals surface area contributed by atoms with Gasteiger partial charge in [-0.2, -0.15) is 0 Å². The average molecular weight is 309 g/mol. The summed E-state index contributed by atoms with van der Waals surface area (Å²) in [5.74, 6) is 4.59. The number of allylic oxidation sites excluding steroid dienone is 1. The van der Waals surface area contributed by atoms with Crippen LogP contribution >= 0.6 is 0 Å². The van der Waals surface area contributed by atoms with Gasteiger partial charge in [-0.15, -0.1) is 13.0 Å². The highest BCUT2D eigenvalue weighted by molar-refractivity contribution is 5.44. The lowest BCUT2D eigenvalue weighted by molar-refractivity contribution is 0.0452. The molecule has 0 unspecified atom stereocenters. The fourth-order valence-corrected chi connectivity index (χ4v) is 4.02. The van der Waals surface area contributed by atoms with Gasteiger partial charge in [0.25, 0.3) is 0 Å². The third-order valence-electron chi connectivity index (χ3n) is 5.26. The van der Waals surface area contributed by atoms with Crippen molar-refractivity contribution >= 4 is 0 Å². The number of piperidine rings is 2. The van der Waals surface area contributed by atoms with E-state index in [1.54, 1.807) is 0 Å². The van der Waals surface area contributed by atoms with Gasteiger partial charge in [0.15, 0.2) is 0 Å². The van der Waals surface area contributed by atoms with E-state index in [9.17, 15) is 0 Å². The third-order valence-corrected chi connectivity index (χ3v) is 5.26. The Hall–Kier alpha value is -1.72. The van der Waals surface area contributed by atoms with Crippen LogP contribution in [0.2, 0.25) is 0 Å². The molecule has 3 fully saturated rings. The molecular weight excluding hydrogens is 282 g/mol. The number of rotatable bonds is 7. The summed E-state index contributed by atoms with van der Waals surface area (Å²) in [5.41, 5.74) is 2.03. The van der Waals surface area contributed by atoms with Crippen molar-refractivity contribution in [1.82, 2.24) is 4.90 Å². The summed E-state index contributed by atoms with van der Waals surface area (Å²) in [6.45, 7) is 7.07. The largest absolute Gasteiger partial charge is 0.493 e. The standard InChI is InChI=1S/C21H27NO/c1-3-6-19-15-17(4-2)9-12-21(19)23-14-5-13-22-16-18-7-10-20(22)11-8-18/h2-3,9,12,15,18,20H,1,5-8,10-11,13-14,16H2. The molecule has 2 heteroatoms. The summed E-state index contributed by atoms with van der Waals surface area (Å²) in [6.07, 6.45) is 15.0. The Morgan fingerprint density at radius 3 is 2.78 bits per heavy atom. The molecule has 0 N–H and O–H groups in total. The van der Waals surface area contributed by atoms with Crippen molar-refractivity contribution in [3.05, 3.63) is 42.0 Å². The smallest absolute Gasteiger partial charge is 0.122 e. The van der Waals surface area contributed by atoms with Gasteiger partial charge in [-0.05, 0) is 68.2 Å². The van der Waals surface area contributed by atoms with E-state index >= 15 is 0 Å². The van der Waals surface area contributed by atoms with E-state index in [-0.39, 0.29) is 0 Å². The van der Waals surface area contributed by atoms with Crippen molar-refractivity contribution in [2.45, 2.75) is 44.6 Å². The maximum atomic E-state index is 6.02. The minimum Gasteiger partial charge on any atom is -0.493 e. The molecule has 2 heterocycles. The van der Waals surface area contributed by atoms with Crippen molar-refractivity contribution in [1.29, 1.82) is 0 Å². The highest BCUT2D eigenvalue weighted by Gasteiger charge is 2.32. The fourth-order valence-electron chi connectivity index (χ4n) is 4.02. The molecule has 2 aliphatic heterocycles. The van der Waals surface area contributed by atoms with Crippen molar-refractivity contribution in [2.75, 3.05) is 19.7 Å². The van der Waals surface area contributed by atoms with Crippen LogP contribution in [0.5, 0.6) is 5.75 Å². The number of ether oxygens (including phenoxy) is 1. The van der Waals surface area contributed by atoms with Crippen molar-refractivity contribution in [3.63, 3.8) is 0 Å². The fraction of sp³-hybridized carbons (Fsp3) is 0.524. The normalized spacial score (nSPS) is 23.4. The summed E-state index contributed by atoms with van der Waals surface area (Å²) in [7, 11) is 0. The molecule has 1 aromatic carbocycles. The Bertz CT molecular complexity index is 578. The van der Waals surface area contributed by atoms with Crippen LogP contribution in [0.1, 0.15) is 43.2 Å². The first-order chi connectivity index (χ1) is 11.3. The van der Waals surface area contributed by atoms with Crippen LogP contribution in [0.15, 0.2) is 30.9 Å². The van der Waals surface area contributed by atoms with Crippen LogP contribution in [0.3, 0.4) is 0 Å². The molecule has 23 heavy (non-hydrogen) atoms. The van der Waals surface area contributed by atoms with E-state index in [1.807, 2.05) is 24.3 Å². The maximum absolute atomic E-state index is 6.02. The molecule has 1 saturated carbocycles. The first kappa shape index (κ1) is 16.1. The average Bonchev–Trinajstić information content (AvgIpc) is 2.61. The van der Waals surface area contributed by atoms with Crippen LogP contribution in [-0.4, -0.2) is 30.6 Å². The molecule has 0 aromatic heterocycles. The molecule has 0 radical (unpaired) electrons. The Balaban J connectivity index is 1.49. The highest BCUT2D eigenvalue weighted by Crippen LogP contribution is 2.34. The van der Waals surface area contributed by atoms with Gasteiger partial charge in [0.05, 0.1) is 6.61 Å². The first-order valence-corrected chi connectivity index (χ1v) is 8.87. The predicted octanol–water partition coefficient (Wildman–Crippen LogP) is 4.04. The van der Waals surface area contributed by atoms with E-state index in [1.165, 1.54) is 38.8 Å². The number of terminal acetylenes is 1. The summed E-state index contributed by atoms with van der Waals surface area (Å²) in [6, 6.07) is 6.81. The minimum atomic E-state index is 0.771. The molecule has 2 nitrogen and oxygen atoms in total. The van der Waals surface area contributed by atoms with Gasteiger partial charge in [0.2, 0.25) is 0 Å². The Morgan fingerprint density at radius 1 is 1.30 bits per heavy atom. The minimum absolute atomic E-state index is 0.771. The zero-order valence-corrected chi connectivity index (χ0v) is 14.0. The lowest BCUT2D eigenvalue weighted by Gasteiger charge is -2.45. The highest BCUT2D eigenvalue weighted by atomic mass is 16.5. The van der Waals surface area contributed by atoms with Gasteiger partial charge >= 0.3 is 0 Å². The Kier molecular flexibility index (Phi) is 5.41. The van der Waals surface area contributed by atoms with Gasteiger partial charge in [-0.25, -0.2) is 0 Å².